The lowest BCUT2D eigenvalue weighted by molar-refractivity contribution is 0.0640. The van der Waals surface area contributed by atoms with Gasteiger partial charge in [-0.1, -0.05) is 0 Å². The van der Waals surface area contributed by atoms with E-state index in [-0.39, 0.29) is 17.2 Å². The second-order valence-corrected chi connectivity index (χ2v) is 6.91. The molecule has 0 spiro atoms. The van der Waals surface area contributed by atoms with Crippen molar-refractivity contribution in [1.82, 2.24) is 4.31 Å². The van der Waals surface area contributed by atoms with E-state index in [0.717, 1.165) is 10.4 Å². The van der Waals surface area contributed by atoms with Gasteiger partial charge in [-0.2, -0.15) is 4.31 Å². The zero-order valence-electron chi connectivity index (χ0n) is 11.3. The molecule has 5 nitrogen and oxygen atoms in total. The second-order valence-electron chi connectivity index (χ2n) is 4.87. The molecule has 0 aliphatic heterocycles. The van der Waals surface area contributed by atoms with Crippen molar-refractivity contribution in [3.63, 3.8) is 0 Å². The van der Waals surface area contributed by atoms with Crippen molar-refractivity contribution >= 4 is 10.0 Å². The van der Waals surface area contributed by atoms with Crippen LogP contribution in [0.3, 0.4) is 0 Å². The number of aliphatic hydroxyl groups is 1. The van der Waals surface area contributed by atoms with E-state index in [9.17, 15) is 17.9 Å². The summed E-state index contributed by atoms with van der Waals surface area (Å²) in [7, 11) is -1.21. The normalized spacial score (nSPS) is 12.8. The molecule has 0 aliphatic rings. The summed E-state index contributed by atoms with van der Waals surface area (Å²) in [5.41, 5.74) is -1.17. The Morgan fingerprint density at radius 2 is 2.00 bits per heavy atom. The van der Waals surface area contributed by atoms with Gasteiger partial charge in [-0.25, -0.2) is 12.8 Å². The molecule has 0 aromatic heterocycles. The minimum absolute atomic E-state index is 0.0240. The van der Waals surface area contributed by atoms with Crippen molar-refractivity contribution in [3.8, 4) is 5.75 Å². The Hall–Kier alpha value is -1.18. The second kappa shape index (κ2) is 5.44. The Morgan fingerprint density at radius 3 is 2.42 bits per heavy atom. The average molecular weight is 291 g/mol. The van der Waals surface area contributed by atoms with Crippen molar-refractivity contribution in [3.05, 3.63) is 24.0 Å². The molecule has 1 aromatic rings. The van der Waals surface area contributed by atoms with Gasteiger partial charge in [-0.3, -0.25) is 0 Å². The van der Waals surface area contributed by atoms with Gasteiger partial charge in [0.1, 0.15) is 0 Å². The third-order valence-electron chi connectivity index (χ3n) is 2.44. The topological polar surface area (TPSA) is 66.8 Å². The molecule has 0 aliphatic carbocycles. The van der Waals surface area contributed by atoms with Crippen LogP contribution in [0.25, 0.3) is 0 Å². The summed E-state index contributed by atoms with van der Waals surface area (Å²) in [5.74, 6) is -0.774. The van der Waals surface area contributed by atoms with Gasteiger partial charge in [-0.05, 0) is 32.0 Å². The van der Waals surface area contributed by atoms with Crippen LogP contribution in [-0.4, -0.2) is 44.1 Å². The molecule has 0 bridgehead atoms. The summed E-state index contributed by atoms with van der Waals surface area (Å²) in [6, 6.07) is 3.41. The van der Waals surface area contributed by atoms with E-state index in [1.807, 2.05) is 0 Å². The number of sulfonamides is 1. The van der Waals surface area contributed by atoms with Crippen LogP contribution in [0, 0.1) is 5.82 Å². The van der Waals surface area contributed by atoms with Gasteiger partial charge in [0, 0.05) is 13.6 Å². The smallest absolute Gasteiger partial charge is 0.243 e. The fraction of sp³-hybridized carbons (Fsp3) is 0.500. The van der Waals surface area contributed by atoms with Crippen molar-refractivity contribution in [1.29, 1.82) is 0 Å². The maximum Gasteiger partial charge on any atom is 0.243 e. The summed E-state index contributed by atoms with van der Waals surface area (Å²) in [5, 5.41) is 9.63. The number of hydrogen-bond acceptors (Lipinski definition) is 4. The Bertz CT molecular complexity index is 551. The lowest BCUT2D eigenvalue weighted by atomic mass is 10.1. The molecule has 0 amide bonds. The van der Waals surface area contributed by atoms with Gasteiger partial charge in [0.25, 0.3) is 0 Å². The molecule has 7 heteroatoms. The summed E-state index contributed by atoms with van der Waals surface area (Å²) >= 11 is 0. The van der Waals surface area contributed by atoms with E-state index in [1.54, 1.807) is 0 Å². The van der Waals surface area contributed by atoms with Crippen molar-refractivity contribution in [2.75, 3.05) is 20.7 Å². The average Bonchev–Trinajstić information content (AvgIpc) is 2.26. The van der Waals surface area contributed by atoms with Gasteiger partial charge in [-0.15, -0.1) is 0 Å². The Kier molecular flexibility index (Phi) is 4.54. The molecule has 0 saturated heterocycles. The zero-order valence-corrected chi connectivity index (χ0v) is 12.2. The van der Waals surface area contributed by atoms with E-state index in [4.69, 9.17) is 4.74 Å². The molecule has 1 aromatic carbocycles. The van der Waals surface area contributed by atoms with Crippen LogP contribution in [0.4, 0.5) is 4.39 Å². The molecule has 0 atom stereocenters. The molecule has 0 fully saturated rings. The minimum Gasteiger partial charge on any atom is -0.494 e. The molecule has 0 heterocycles. The SMILES string of the molecule is COc1ccc(S(=O)(=O)N(C)CC(C)(C)O)cc1F. The van der Waals surface area contributed by atoms with Crippen LogP contribution in [0.2, 0.25) is 0 Å². The summed E-state index contributed by atoms with van der Waals surface area (Å²) < 4.78 is 43.6. The predicted octanol–water partition coefficient (Wildman–Crippen LogP) is 1.23. The predicted molar refractivity (Wildman–Crippen MR) is 69.1 cm³/mol. The first-order valence-corrected chi connectivity index (χ1v) is 7.04. The maximum atomic E-state index is 13.5. The molecule has 0 radical (unpaired) electrons. The lowest BCUT2D eigenvalue weighted by Crippen LogP contribution is -2.39. The van der Waals surface area contributed by atoms with E-state index in [1.165, 1.54) is 40.1 Å². The van der Waals surface area contributed by atoms with Crippen LogP contribution in [0.15, 0.2) is 23.1 Å². The van der Waals surface area contributed by atoms with Gasteiger partial charge in [0.2, 0.25) is 10.0 Å². The minimum atomic E-state index is -3.84. The first-order chi connectivity index (χ1) is 8.58. The highest BCUT2D eigenvalue weighted by Crippen LogP contribution is 2.23. The van der Waals surface area contributed by atoms with Crippen molar-refractivity contribution in [2.45, 2.75) is 24.3 Å². The van der Waals surface area contributed by atoms with Crippen LogP contribution in [0.5, 0.6) is 5.75 Å². The molecule has 1 N–H and O–H groups in total. The molecule has 1 rings (SSSR count). The Balaban J connectivity index is 3.10. The number of nitrogens with zero attached hydrogens (tertiary/aromatic N) is 1. The van der Waals surface area contributed by atoms with E-state index >= 15 is 0 Å². The highest BCUT2D eigenvalue weighted by Gasteiger charge is 2.27. The molecule has 108 valence electrons. The number of likely N-dealkylation sites (N-methyl/N-ethyl adjacent to an activating group) is 1. The first kappa shape index (κ1) is 15.9. The number of hydrogen-bond donors (Lipinski definition) is 1. The lowest BCUT2D eigenvalue weighted by Gasteiger charge is -2.25. The number of ether oxygens (including phenoxy) is 1. The number of methoxy groups -OCH3 is 1. The summed E-state index contributed by atoms with van der Waals surface area (Å²) in [6.07, 6.45) is 0. The van der Waals surface area contributed by atoms with Gasteiger partial charge >= 0.3 is 0 Å². The fourth-order valence-corrected chi connectivity index (χ4v) is 2.96. The first-order valence-electron chi connectivity index (χ1n) is 5.60. The third-order valence-corrected chi connectivity index (χ3v) is 4.24. The molecule has 0 unspecified atom stereocenters. The summed E-state index contributed by atoms with van der Waals surface area (Å²) in [4.78, 5) is -0.183. The van der Waals surface area contributed by atoms with Gasteiger partial charge in [0.05, 0.1) is 17.6 Å². The fourth-order valence-electron chi connectivity index (χ4n) is 1.62. The molecule has 0 saturated carbocycles. The standard InChI is InChI=1S/C12H18FNO4S/c1-12(2,15)8-14(3)19(16,17)9-5-6-11(18-4)10(13)7-9/h5-7,15H,8H2,1-4H3. The molecular formula is C12H18FNO4S. The van der Waals surface area contributed by atoms with Crippen LogP contribution >= 0.6 is 0 Å². The monoisotopic (exact) mass is 291 g/mol. The van der Waals surface area contributed by atoms with Crippen molar-refractivity contribution in [2.24, 2.45) is 0 Å². The van der Waals surface area contributed by atoms with Crippen LogP contribution < -0.4 is 4.74 Å². The Morgan fingerprint density at radius 1 is 1.42 bits per heavy atom. The summed E-state index contributed by atoms with van der Waals surface area (Å²) in [6.45, 7) is 2.89. The third kappa shape index (κ3) is 3.89. The van der Waals surface area contributed by atoms with Crippen LogP contribution in [0.1, 0.15) is 13.8 Å². The zero-order chi connectivity index (χ0) is 14.8. The van der Waals surface area contributed by atoms with Gasteiger partial charge < -0.3 is 9.84 Å². The molecule has 19 heavy (non-hydrogen) atoms. The van der Waals surface area contributed by atoms with Crippen molar-refractivity contribution < 1.29 is 22.7 Å². The molecular weight excluding hydrogens is 273 g/mol. The number of halogens is 1. The van der Waals surface area contributed by atoms with E-state index in [2.05, 4.69) is 0 Å². The Labute approximate surface area is 112 Å². The van der Waals surface area contributed by atoms with Crippen LogP contribution in [-0.2, 0) is 10.0 Å². The number of benzene rings is 1. The maximum absolute atomic E-state index is 13.5. The van der Waals surface area contributed by atoms with Gasteiger partial charge in [0.15, 0.2) is 11.6 Å². The highest BCUT2D eigenvalue weighted by atomic mass is 32.2. The quantitative estimate of drug-likeness (QED) is 0.886. The number of rotatable bonds is 5. The largest absolute Gasteiger partial charge is 0.494 e. The highest BCUT2D eigenvalue weighted by molar-refractivity contribution is 7.89. The van der Waals surface area contributed by atoms with E-state index < -0.39 is 21.4 Å². The van der Waals surface area contributed by atoms with E-state index in [0.29, 0.717) is 0 Å².